The highest BCUT2D eigenvalue weighted by Crippen LogP contribution is 2.49. The molecule has 3 atom stereocenters. The second kappa shape index (κ2) is 9.77. The van der Waals surface area contributed by atoms with Crippen molar-refractivity contribution in [3.8, 4) is 0 Å². The summed E-state index contributed by atoms with van der Waals surface area (Å²) in [5.41, 5.74) is 2.53. The minimum atomic E-state index is -0.664. The van der Waals surface area contributed by atoms with Crippen LogP contribution in [0.5, 0.6) is 0 Å². The van der Waals surface area contributed by atoms with Gasteiger partial charge in [-0.2, -0.15) is 0 Å². The summed E-state index contributed by atoms with van der Waals surface area (Å²) in [6.45, 7) is 0. The Morgan fingerprint density at radius 2 is 1.63 bits per heavy atom. The largest absolute Gasteiger partial charge is 0.295 e. The fourth-order valence-electron chi connectivity index (χ4n) is 8.86. The first-order chi connectivity index (χ1) is 18.6. The molecule has 3 heterocycles. The van der Waals surface area contributed by atoms with Crippen LogP contribution in [0.15, 0.2) is 24.4 Å². The highest BCUT2D eigenvalue weighted by atomic mass is 16.2. The standard InChI is InChI=1S/C32H39N3O3/c36-28-14-13-27(31(37)34-28)35-26-12-11-24(25-15-16-33-30(29(25)26)32(35)38)22-9-7-21(8-10-22)23-6-5-20(18-23)17-19-3-1-2-4-19/h11-12,15-16,19-23,27H,1-10,13-14,17-18H2,(H,34,36,37). The lowest BCUT2D eigenvalue weighted by Crippen LogP contribution is -2.53. The van der Waals surface area contributed by atoms with Gasteiger partial charge in [-0.3, -0.25) is 29.6 Å². The van der Waals surface area contributed by atoms with E-state index in [2.05, 4.69) is 22.4 Å². The van der Waals surface area contributed by atoms with Gasteiger partial charge in [-0.1, -0.05) is 38.2 Å². The lowest BCUT2D eigenvalue weighted by Gasteiger charge is -2.33. The number of aromatic nitrogens is 1. The number of imide groups is 1. The van der Waals surface area contributed by atoms with Crippen LogP contribution in [-0.4, -0.2) is 28.7 Å². The Morgan fingerprint density at radius 1 is 0.842 bits per heavy atom. The number of amides is 3. The minimum Gasteiger partial charge on any atom is -0.295 e. The van der Waals surface area contributed by atoms with Crippen molar-refractivity contribution in [3.05, 3.63) is 35.7 Å². The van der Waals surface area contributed by atoms with Crippen molar-refractivity contribution in [2.24, 2.45) is 23.7 Å². The average molecular weight is 514 g/mol. The van der Waals surface area contributed by atoms with Crippen LogP contribution >= 0.6 is 0 Å². The third-order valence-electron chi connectivity index (χ3n) is 10.7. The molecule has 3 aliphatic carbocycles. The summed E-state index contributed by atoms with van der Waals surface area (Å²) in [7, 11) is 0. The Balaban J connectivity index is 1.07. The molecule has 7 rings (SSSR count). The van der Waals surface area contributed by atoms with E-state index in [9.17, 15) is 14.4 Å². The zero-order valence-corrected chi connectivity index (χ0v) is 22.3. The van der Waals surface area contributed by atoms with Gasteiger partial charge in [-0.25, -0.2) is 0 Å². The fourth-order valence-corrected chi connectivity index (χ4v) is 8.86. The molecule has 38 heavy (non-hydrogen) atoms. The molecule has 0 bridgehead atoms. The maximum Gasteiger partial charge on any atom is 0.278 e. The topological polar surface area (TPSA) is 79.4 Å². The molecule has 4 fully saturated rings. The van der Waals surface area contributed by atoms with Crippen molar-refractivity contribution in [2.45, 2.75) is 102 Å². The molecule has 1 aromatic heterocycles. The van der Waals surface area contributed by atoms with Crippen LogP contribution in [0, 0.1) is 23.7 Å². The number of hydrogen-bond acceptors (Lipinski definition) is 4. The van der Waals surface area contributed by atoms with Crippen molar-refractivity contribution in [1.29, 1.82) is 0 Å². The van der Waals surface area contributed by atoms with Gasteiger partial charge in [0.1, 0.15) is 11.7 Å². The normalized spacial score (nSPS) is 31.9. The van der Waals surface area contributed by atoms with E-state index in [0.29, 0.717) is 18.0 Å². The van der Waals surface area contributed by atoms with Gasteiger partial charge in [0.25, 0.3) is 5.91 Å². The van der Waals surface area contributed by atoms with Crippen LogP contribution < -0.4 is 10.2 Å². The zero-order valence-electron chi connectivity index (χ0n) is 22.3. The molecule has 1 saturated heterocycles. The first-order valence-electron chi connectivity index (χ1n) is 15.2. The maximum absolute atomic E-state index is 13.4. The second-order valence-electron chi connectivity index (χ2n) is 12.8. The molecule has 0 radical (unpaired) electrons. The van der Waals surface area contributed by atoms with Gasteiger partial charge in [0, 0.05) is 18.0 Å². The number of nitrogens with zero attached hydrogens (tertiary/aromatic N) is 2. The molecule has 2 aliphatic heterocycles. The SMILES string of the molecule is O=C1CCC(N2C(=O)c3nccc4c(C5CCC(C6CCC(CC7CCCC7)C6)CC5)ccc2c34)C(=O)N1. The molecule has 1 N–H and O–H groups in total. The van der Waals surface area contributed by atoms with Crippen molar-refractivity contribution in [1.82, 2.24) is 10.3 Å². The fraction of sp³-hybridized carbons (Fsp3) is 0.625. The first-order valence-corrected chi connectivity index (χ1v) is 15.2. The summed E-state index contributed by atoms with van der Waals surface area (Å²) >= 11 is 0. The van der Waals surface area contributed by atoms with Crippen LogP contribution in [0.25, 0.3) is 10.8 Å². The number of benzene rings is 1. The van der Waals surface area contributed by atoms with Crippen LogP contribution in [0.3, 0.4) is 0 Å². The van der Waals surface area contributed by atoms with Gasteiger partial charge in [0.05, 0.1) is 5.69 Å². The van der Waals surface area contributed by atoms with E-state index in [4.69, 9.17) is 0 Å². The second-order valence-corrected chi connectivity index (χ2v) is 12.8. The van der Waals surface area contributed by atoms with E-state index < -0.39 is 11.9 Å². The Kier molecular flexibility index (Phi) is 6.24. The van der Waals surface area contributed by atoms with Crippen LogP contribution in [0.4, 0.5) is 5.69 Å². The monoisotopic (exact) mass is 513 g/mol. The number of carbonyl (C=O) groups excluding carboxylic acids is 3. The number of hydrogen-bond donors (Lipinski definition) is 1. The van der Waals surface area contributed by atoms with Gasteiger partial charge in [-0.05, 0) is 104 Å². The van der Waals surface area contributed by atoms with Gasteiger partial charge >= 0.3 is 0 Å². The Bertz CT molecular complexity index is 1270. The summed E-state index contributed by atoms with van der Waals surface area (Å²) in [4.78, 5) is 43.8. The minimum absolute atomic E-state index is 0.227. The van der Waals surface area contributed by atoms with Crippen LogP contribution in [0.2, 0.25) is 0 Å². The molecule has 1 aromatic carbocycles. The first kappa shape index (κ1) is 24.3. The lowest BCUT2D eigenvalue weighted by molar-refractivity contribution is -0.134. The molecular formula is C32H39N3O3. The highest BCUT2D eigenvalue weighted by molar-refractivity contribution is 6.26. The molecule has 6 nitrogen and oxygen atoms in total. The molecule has 3 saturated carbocycles. The van der Waals surface area contributed by atoms with Crippen molar-refractivity contribution < 1.29 is 14.4 Å². The zero-order chi connectivity index (χ0) is 25.8. The lowest BCUT2D eigenvalue weighted by atomic mass is 9.72. The van der Waals surface area contributed by atoms with Crippen LogP contribution in [0.1, 0.15) is 112 Å². The van der Waals surface area contributed by atoms with E-state index in [-0.39, 0.29) is 18.2 Å². The Morgan fingerprint density at radius 3 is 2.42 bits per heavy atom. The summed E-state index contributed by atoms with van der Waals surface area (Å²) < 4.78 is 0. The van der Waals surface area contributed by atoms with Gasteiger partial charge in [-0.15, -0.1) is 0 Å². The summed E-state index contributed by atoms with van der Waals surface area (Å²) in [6.07, 6.45) is 19.1. The molecule has 2 aromatic rings. The third kappa shape index (κ3) is 4.15. The summed E-state index contributed by atoms with van der Waals surface area (Å²) in [6, 6.07) is 5.60. The van der Waals surface area contributed by atoms with E-state index in [1.165, 1.54) is 82.6 Å². The highest BCUT2D eigenvalue weighted by Gasteiger charge is 2.42. The van der Waals surface area contributed by atoms with E-state index >= 15 is 0 Å². The molecule has 0 spiro atoms. The van der Waals surface area contributed by atoms with Crippen LogP contribution in [-0.2, 0) is 9.59 Å². The molecule has 3 unspecified atom stereocenters. The molecule has 3 amide bonds. The third-order valence-corrected chi connectivity index (χ3v) is 10.7. The Hall–Kier alpha value is -2.76. The summed E-state index contributed by atoms with van der Waals surface area (Å²) in [5, 5.41) is 4.39. The average Bonchev–Trinajstić information content (AvgIpc) is 3.67. The molecular weight excluding hydrogens is 474 g/mol. The number of carbonyl (C=O) groups is 3. The van der Waals surface area contributed by atoms with E-state index in [0.717, 1.165) is 40.1 Å². The van der Waals surface area contributed by atoms with Gasteiger partial charge < -0.3 is 0 Å². The molecule has 5 aliphatic rings. The maximum atomic E-state index is 13.4. The van der Waals surface area contributed by atoms with Crippen molar-refractivity contribution in [3.63, 3.8) is 0 Å². The Labute approximate surface area is 224 Å². The smallest absolute Gasteiger partial charge is 0.278 e. The number of anilines is 1. The predicted molar refractivity (Wildman–Crippen MR) is 147 cm³/mol. The number of rotatable bonds is 5. The van der Waals surface area contributed by atoms with E-state index in [1.807, 2.05) is 6.07 Å². The van der Waals surface area contributed by atoms with Gasteiger partial charge in [0.2, 0.25) is 11.8 Å². The van der Waals surface area contributed by atoms with Gasteiger partial charge in [0.15, 0.2) is 0 Å². The molecule has 200 valence electrons. The number of nitrogens with one attached hydrogen (secondary N) is 1. The van der Waals surface area contributed by atoms with Crippen molar-refractivity contribution in [2.75, 3.05) is 4.90 Å². The number of piperidine rings is 1. The summed E-state index contributed by atoms with van der Waals surface area (Å²) in [5.74, 6) is 3.42. The number of pyridine rings is 1. The quantitative estimate of drug-likeness (QED) is 0.478. The predicted octanol–water partition coefficient (Wildman–Crippen LogP) is 6.27. The van der Waals surface area contributed by atoms with E-state index in [1.54, 1.807) is 11.1 Å². The molecule has 6 heteroatoms. The van der Waals surface area contributed by atoms with Crippen molar-refractivity contribution >= 4 is 34.2 Å².